The zero-order chi connectivity index (χ0) is 20.5. The van der Waals surface area contributed by atoms with Crippen LogP contribution in [0.1, 0.15) is 10.4 Å². The lowest BCUT2D eigenvalue weighted by molar-refractivity contribution is 0.0858. The van der Waals surface area contributed by atoms with Crippen molar-refractivity contribution in [2.24, 2.45) is 0 Å². The third kappa shape index (κ3) is 3.70. The molecule has 0 aliphatic heterocycles. The summed E-state index contributed by atoms with van der Waals surface area (Å²) in [5, 5.41) is 7.26. The molecule has 0 radical (unpaired) electrons. The number of aromatic nitrogens is 3. The summed E-state index contributed by atoms with van der Waals surface area (Å²) >= 11 is 12.5. The van der Waals surface area contributed by atoms with Gasteiger partial charge in [-0.1, -0.05) is 53.5 Å². The molecule has 0 saturated heterocycles. The average Bonchev–Trinajstić information content (AvgIpc) is 3.12. The zero-order valence-corrected chi connectivity index (χ0v) is 17.2. The summed E-state index contributed by atoms with van der Waals surface area (Å²) in [6.07, 6.45) is 3.23. The molecular formula is C21H17Cl2N5O. The van der Waals surface area contributed by atoms with Crippen molar-refractivity contribution in [3.05, 3.63) is 76.5 Å². The number of hydrazine groups is 1. The number of halogens is 2. The van der Waals surface area contributed by atoms with Crippen molar-refractivity contribution in [3.63, 3.8) is 0 Å². The third-order valence-corrected chi connectivity index (χ3v) is 4.96. The van der Waals surface area contributed by atoms with Crippen LogP contribution in [0, 0.1) is 0 Å². The number of amides is 1. The van der Waals surface area contributed by atoms with E-state index in [0.29, 0.717) is 21.3 Å². The molecule has 2 aromatic heterocycles. The number of hydrogen-bond acceptors (Lipinski definition) is 4. The Morgan fingerprint density at radius 1 is 1.00 bits per heavy atom. The van der Waals surface area contributed by atoms with Gasteiger partial charge in [-0.25, -0.2) is 14.5 Å². The SMILES string of the molecule is CN(C)NC(=O)c1cnn2c(-c3ccc(Cl)cc3)c(-c3ccccc3Cl)cnc12. The number of carbonyl (C=O) groups excluding carboxylic acids is 1. The highest BCUT2D eigenvalue weighted by Gasteiger charge is 2.21. The molecule has 0 bridgehead atoms. The van der Waals surface area contributed by atoms with E-state index in [1.54, 1.807) is 29.8 Å². The first-order valence-corrected chi connectivity index (χ1v) is 9.57. The summed E-state index contributed by atoms with van der Waals surface area (Å²) in [5.41, 5.74) is 6.81. The first-order valence-electron chi connectivity index (χ1n) is 8.81. The third-order valence-electron chi connectivity index (χ3n) is 4.38. The molecule has 2 heterocycles. The Balaban J connectivity index is 1.99. The predicted octanol–water partition coefficient (Wildman–Crippen LogP) is 4.58. The molecule has 4 rings (SSSR count). The Hall–Kier alpha value is -2.93. The van der Waals surface area contributed by atoms with Crippen molar-refractivity contribution in [1.29, 1.82) is 0 Å². The van der Waals surface area contributed by atoms with Gasteiger partial charge in [0, 0.05) is 47.0 Å². The second-order valence-electron chi connectivity index (χ2n) is 6.64. The minimum atomic E-state index is -0.287. The fourth-order valence-electron chi connectivity index (χ4n) is 3.12. The lowest BCUT2D eigenvalue weighted by Crippen LogP contribution is -2.36. The first kappa shape index (κ1) is 19.4. The van der Waals surface area contributed by atoms with Crippen molar-refractivity contribution < 1.29 is 4.79 Å². The molecule has 8 heteroatoms. The van der Waals surface area contributed by atoms with Gasteiger partial charge in [0.2, 0.25) is 0 Å². The molecule has 0 unspecified atom stereocenters. The van der Waals surface area contributed by atoms with Gasteiger partial charge in [-0.3, -0.25) is 10.2 Å². The largest absolute Gasteiger partial charge is 0.285 e. The minimum Gasteiger partial charge on any atom is -0.285 e. The normalized spacial score (nSPS) is 11.2. The zero-order valence-electron chi connectivity index (χ0n) is 15.7. The number of benzene rings is 2. The predicted molar refractivity (Wildman–Crippen MR) is 115 cm³/mol. The van der Waals surface area contributed by atoms with Crippen LogP contribution in [-0.2, 0) is 0 Å². The lowest BCUT2D eigenvalue weighted by atomic mass is 10.0. The van der Waals surface area contributed by atoms with Crippen LogP contribution in [0.25, 0.3) is 28.0 Å². The van der Waals surface area contributed by atoms with Crippen molar-refractivity contribution in [2.75, 3.05) is 14.1 Å². The van der Waals surface area contributed by atoms with Crippen LogP contribution >= 0.6 is 23.2 Å². The van der Waals surface area contributed by atoms with E-state index in [-0.39, 0.29) is 5.91 Å². The maximum absolute atomic E-state index is 12.5. The molecule has 0 saturated carbocycles. The van der Waals surface area contributed by atoms with Crippen molar-refractivity contribution in [2.45, 2.75) is 0 Å². The summed E-state index contributed by atoms with van der Waals surface area (Å²) < 4.78 is 1.66. The fraction of sp³-hybridized carbons (Fsp3) is 0.0952. The Labute approximate surface area is 177 Å². The highest BCUT2D eigenvalue weighted by atomic mass is 35.5. The minimum absolute atomic E-state index is 0.287. The number of nitrogens with one attached hydrogen (secondary N) is 1. The Kier molecular flexibility index (Phi) is 5.24. The molecule has 0 aliphatic rings. The van der Waals surface area contributed by atoms with Crippen molar-refractivity contribution in [1.82, 2.24) is 25.0 Å². The van der Waals surface area contributed by atoms with E-state index < -0.39 is 0 Å². The lowest BCUT2D eigenvalue weighted by Gasteiger charge is -2.14. The maximum Gasteiger partial charge on any atom is 0.271 e. The molecule has 6 nitrogen and oxygen atoms in total. The van der Waals surface area contributed by atoms with Gasteiger partial charge >= 0.3 is 0 Å². The summed E-state index contributed by atoms with van der Waals surface area (Å²) in [5.74, 6) is -0.287. The molecule has 1 N–H and O–H groups in total. The van der Waals surface area contributed by atoms with Crippen LogP contribution in [0.15, 0.2) is 60.9 Å². The number of carbonyl (C=O) groups is 1. The van der Waals surface area contributed by atoms with Gasteiger partial charge in [-0.05, 0) is 18.2 Å². The number of fused-ring (bicyclic) bond motifs is 1. The van der Waals surface area contributed by atoms with E-state index in [1.807, 2.05) is 48.5 Å². The average molecular weight is 426 g/mol. The molecule has 29 heavy (non-hydrogen) atoms. The van der Waals surface area contributed by atoms with Gasteiger partial charge in [0.1, 0.15) is 5.56 Å². The monoisotopic (exact) mass is 425 g/mol. The fourth-order valence-corrected chi connectivity index (χ4v) is 3.48. The van der Waals surface area contributed by atoms with Crippen LogP contribution in [0.2, 0.25) is 10.0 Å². The molecule has 0 atom stereocenters. The van der Waals surface area contributed by atoms with E-state index in [4.69, 9.17) is 23.2 Å². The number of rotatable bonds is 4. The van der Waals surface area contributed by atoms with Gasteiger partial charge in [-0.15, -0.1) is 0 Å². The quantitative estimate of drug-likeness (QED) is 0.486. The van der Waals surface area contributed by atoms with Crippen LogP contribution in [-0.4, -0.2) is 39.6 Å². The highest BCUT2D eigenvalue weighted by Crippen LogP contribution is 2.36. The van der Waals surface area contributed by atoms with Gasteiger partial charge < -0.3 is 0 Å². The molecule has 0 aliphatic carbocycles. The standard InChI is InChI=1S/C21H17Cl2N5O/c1-27(2)26-21(29)17-12-25-28-19(13-7-9-14(22)10-8-13)16(11-24-20(17)28)15-5-3-4-6-18(15)23/h3-12H,1-2H3,(H,26,29). The van der Waals surface area contributed by atoms with Crippen LogP contribution in [0.3, 0.4) is 0 Å². The number of hydrogen-bond donors (Lipinski definition) is 1. The highest BCUT2D eigenvalue weighted by molar-refractivity contribution is 6.33. The molecule has 1 amide bonds. The van der Waals surface area contributed by atoms with Crippen LogP contribution in [0.5, 0.6) is 0 Å². The molecular weight excluding hydrogens is 409 g/mol. The smallest absolute Gasteiger partial charge is 0.271 e. The van der Waals surface area contributed by atoms with Crippen LogP contribution < -0.4 is 5.43 Å². The summed E-state index contributed by atoms with van der Waals surface area (Å²) in [4.78, 5) is 17.1. The number of nitrogens with zero attached hydrogens (tertiary/aromatic N) is 4. The van der Waals surface area contributed by atoms with Crippen LogP contribution in [0.4, 0.5) is 0 Å². The molecule has 0 fully saturated rings. The van der Waals surface area contributed by atoms with E-state index in [9.17, 15) is 4.79 Å². The Morgan fingerprint density at radius 2 is 1.72 bits per heavy atom. The second kappa shape index (κ2) is 7.83. The summed E-state index contributed by atoms with van der Waals surface area (Å²) in [7, 11) is 3.48. The van der Waals surface area contributed by atoms with E-state index >= 15 is 0 Å². The van der Waals surface area contributed by atoms with E-state index in [0.717, 1.165) is 22.4 Å². The second-order valence-corrected chi connectivity index (χ2v) is 7.48. The first-order chi connectivity index (χ1) is 14.0. The topological polar surface area (TPSA) is 62.5 Å². The van der Waals surface area contributed by atoms with Crippen molar-refractivity contribution >= 4 is 34.8 Å². The van der Waals surface area contributed by atoms with Crippen molar-refractivity contribution in [3.8, 4) is 22.4 Å². The van der Waals surface area contributed by atoms with Gasteiger partial charge in [0.05, 0.1) is 11.9 Å². The molecule has 0 spiro atoms. The van der Waals surface area contributed by atoms with E-state index in [2.05, 4.69) is 15.5 Å². The molecule has 4 aromatic rings. The maximum atomic E-state index is 12.5. The molecule has 146 valence electrons. The van der Waals surface area contributed by atoms with Gasteiger partial charge in [0.15, 0.2) is 5.65 Å². The van der Waals surface area contributed by atoms with Gasteiger partial charge in [-0.2, -0.15) is 5.10 Å². The Morgan fingerprint density at radius 3 is 2.41 bits per heavy atom. The van der Waals surface area contributed by atoms with E-state index in [1.165, 1.54) is 6.20 Å². The summed E-state index contributed by atoms with van der Waals surface area (Å²) in [6.45, 7) is 0. The summed E-state index contributed by atoms with van der Waals surface area (Å²) in [6, 6.07) is 15.0. The molecule has 2 aromatic carbocycles. The Bertz CT molecular complexity index is 1200. The van der Waals surface area contributed by atoms with Gasteiger partial charge in [0.25, 0.3) is 5.91 Å².